The molecule has 1 aromatic carbocycles. The van der Waals surface area contributed by atoms with E-state index in [9.17, 15) is 0 Å². The Hall–Kier alpha value is -2.08. The van der Waals surface area contributed by atoms with Crippen molar-refractivity contribution >= 4 is 6.01 Å². The molecule has 6 heteroatoms. The molecule has 22 heavy (non-hydrogen) atoms. The van der Waals surface area contributed by atoms with Crippen LogP contribution in [0.2, 0.25) is 0 Å². The number of benzene rings is 1. The minimum absolute atomic E-state index is 0.128. The van der Waals surface area contributed by atoms with Crippen molar-refractivity contribution in [2.75, 3.05) is 19.0 Å². The Balaban J connectivity index is 2.00. The predicted molar refractivity (Wildman–Crippen MR) is 85.9 cm³/mol. The summed E-state index contributed by atoms with van der Waals surface area (Å²) < 4.78 is 11.1. The maximum Gasteiger partial charge on any atom is 0.315 e. The van der Waals surface area contributed by atoms with Crippen LogP contribution in [0.25, 0.3) is 0 Å². The van der Waals surface area contributed by atoms with Gasteiger partial charge in [-0.05, 0) is 37.6 Å². The molecule has 0 aliphatic carbocycles. The van der Waals surface area contributed by atoms with E-state index in [4.69, 9.17) is 9.15 Å². The molecule has 0 radical (unpaired) electrons. The van der Waals surface area contributed by atoms with Crippen LogP contribution in [0, 0.1) is 0 Å². The van der Waals surface area contributed by atoms with Crippen molar-refractivity contribution in [1.29, 1.82) is 0 Å². The molecule has 2 aromatic rings. The highest BCUT2D eigenvalue weighted by atomic mass is 16.5. The molecular weight excluding hydrogens is 280 g/mol. The van der Waals surface area contributed by atoms with Crippen molar-refractivity contribution < 1.29 is 9.15 Å². The number of anilines is 1. The van der Waals surface area contributed by atoms with Crippen molar-refractivity contribution in [2.24, 2.45) is 0 Å². The van der Waals surface area contributed by atoms with Crippen LogP contribution >= 0.6 is 0 Å². The van der Waals surface area contributed by atoms with Crippen LogP contribution in [0.5, 0.6) is 5.75 Å². The Bertz CT molecular complexity index is 554. The van der Waals surface area contributed by atoms with Crippen LogP contribution in [0.15, 0.2) is 28.7 Å². The van der Waals surface area contributed by atoms with Gasteiger partial charge in [-0.1, -0.05) is 31.1 Å². The second-order valence-corrected chi connectivity index (χ2v) is 5.05. The van der Waals surface area contributed by atoms with Gasteiger partial charge in [-0.15, -0.1) is 5.10 Å². The predicted octanol–water partition coefficient (Wildman–Crippen LogP) is 3.14. The number of hydrogen-bond acceptors (Lipinski definition) is 6. The largest absolute Gasteiger partial charge is 0.494 e. The van der Waals surface area contributed by atoms with E-state index in [2.05, 4.69) is 46.8 Å². The van der Waals surface area contributed by atoms with Crippen molar-refractivity contribution in [3.63, 3.8) is 0 Å². The Morgan fingerprint density at radius 3 is 2.59 bits per heavy atom. The zero-order chi connectivity index (χ0) is 15.8. The number of rotatable bonds is 9. The van der Waals surface area contributed by atoms with E-state index >= 15 is 0 Å². The Kier molecular flexibility index (Phi) is 6.21. The Labute approximate surface area is 131 Å². The summed E-state index contributed by atoms with van der Waals surface area (Å²) in [5.41, 5.74) is 1.17. The van der Waals surface area contributed by atoms with Crippen LogP contribution < -0.4 is 15.4 Å². The summed E-state index contributed by atoms with van der Waals surface area (Å²) in [6.45, 7) is 5.52. The van der Waals surface area contributed by atoms with Gasteiger partial charge >= 0.3 is 6.01 Å². The fraction of sp³-hybridized carbons (Fsp3) is 0.500. The summed E-state index contributed by atoms with van der Waals surface area (Å²) in [5, 5.41) is 14.2. The monoisotopic (exact) mass is 304 g/mol. The van der Waals surface area contributed by atoms with Crippen molar-refractivity contribution in [1.82, 2.24) is 15.5 Å². The summed E-state index contributed by atoms with van der Waals surface area (Å²) in [6.07, 6.45) is 1.92. The molecule has 0 fully saturated rings. The molecule has 1 aromatic heterocycles. The first-order valence-corrected chi connectivity index (χ1v) is 7.73. The maximum atomic E-state index is 5.60. The number of aromatic nitrogens is 2. The lowest BCUT2D eigenvalue weighted by atomic mass is 10.0. The first-order valence-electron chi connectivity index (χ1n) is 7.73. The highest BCUT2D eigenvalue weighted by Crippen LogP contribution is 2.24. The number of hydrogen-bond donors (Lipinski definition) is 2. The first kappa shape index (κ1) is 16.3. The van der Waals surface area contributed by atoms with Gasteiger partial charge in [0.25, 0.3) is 0 Å². The summed E-state index contributed by atoms with van der Waals surface area (Å²) >= 11 is 0. The van der Waals surface area contributed by atoms with Crippen molar-refractivity contribution in [2.45, 2.75) is 39.3 Å². The molecule has 120 valence electrons. The minimum atomic E-state index is 0.128. The topological polar surface area (TPSA) is 72.2 Å². The molecule has 0 saturated carbocycles. The maximum absolute atomic E-state index is 5.60. The summed E-state index contributed by atoms with van der Waals surface area (Å²) in [4.78, 5) is 0. The fourth-order valence-electron chi connectivity index (χ4n) is 2.12. The van der Waals surface area contributed by atoms with E-state index < -0.39 is 0 Å². The van der Waals surface area contributed by atoms with Gasteiger partial charge in [-0.25, -0.2) is 0 Å². The Morgan fingerprint density at radius 2 is 1.95 bits per heavy atom. The molecule has 2 rings (SSSR count). The van der Waals surface area contributed by atoms with Crippen LogP contribution in [0.1, 0.15) is 44.2 Å². The molecule has 0 saturated heterocycles. The number of nitrogens with one attached hydrogen (secondary N) is 2. The summed E-state index contributed by atoms with van der Waals surface area (Å²) in [5.74, 6) is 1.47. The molecule has 2 N–H and O–H groups in total. The van der Waals surface area contributed by atoms with Crippen LogP contribution in [0.4, 0.5) is 6.01 Å². The number of ether oxygens (including phenoxy) is 1. The second-order valence-electron chi connectivity index (χ2n) is 5.05. The van der Waals surface area contributed by atoms with E-state index in [0.29, 0.717) is 18.5 Å². The van der Waals surface area contributed by atoms with Gasteiger partial charge in [0.15, 0.2) is 0 Å². The van der Waals surface area contributed by atoms with Crippen molar-refractivity contribution in [3.05, 3.63) is 35.7 Å². The van der Waals surface area contributed by atoms with E-state index in [1.54, 1.807) is 0 Å². The SMILES string of the molecule is CCCOc1ccc(C(CC)Nc2nnc(CNC)o2)cc1. The molecule has 0 bridgehead atoms. The molecule has 0 spiro atoms. The second kappa shape index (κ2) is 8.38. The summed E-state index contributed by atoms with van der Waals surface area (Å²) in [7, 11) is 1.84. The van der Waals surface area contributed by atoms with Gasteiger partial charge in [0.2, 0.25) is 5.89 Å². The minimum Gasteiger partial charge on any atom is -0.494 e. The van der Waals surface area contributed by atoms with Gasteiger partial charge < -0.3 is 19.8 Å². The van der Waals surface area contributed by atoms with Gasteiger partial charge in [0, 0.05) is 0 Å². The zero-order valence-corrected chi connectivity index (χ0v) is 13.4. The molecule has 6 nitrogen and oxygen atoms in total. The van der Waals surface area contributed by atoms with Gasteiger partial charge in [0.05, 0.1) is 19.2 Å². The van der Waals surface area contributed by atoms with E-state index in [-0.39, 0.29) is 6.04 Å². The average molecular weight is 304 g/mol. The highest BCUT2D eigenvalue weighted by molar-refractivity contribution is 5.33. The van der Waals surface area contributed by atoms with Crippen LogP contribution in [-0.4, -0.2) is 23.9 Å². The molecule has 0 aliphatic heterocycles. The smallest absolute Gasteiger partial charge is 0.315 e. The first-order chi connectivity index (χ1) is 10.8. The lowest BCUT2D eigenvalue weighted by Crippen LogP contribution is -2.10. The Morgan fingerprint density at radius 1 is 1.18 bits per heavy atom. The van der Waals surface area contributed by atoms with Gasteiger partial charge in [0.1, 0.15) is 5.75 Å². The van der Waals surface area contributed by atoms with Gasteiger partial charge in [-0.2, -0.15) is 0 Å². The standard InChI is InChI=1S/C16H24N4O2/c1-4-10-21-13-8-6-12(7-9-13)14(5-2)18-16-20-19-15(22-16)11-17-3/h6-9,14,17H,4-5,10-11H2,1-3H3,(H,18,20). The fourth-order valence-corrected chi connectivity index (χ4v) is 2.12. The quantitative estimate of drug-likeness (QED) is 0.741. The van der Waals surface area contributed by atoms with E-state index in [0.717, 1.165) is 25.2 Å². The molecule has 1 atom stereocenters. The molecule has 1 heterocycles. The lowest BCUT2D eigenvalue weighted by Gasteiger charge is -2.16. The van der Waals surface area contributed by atoms with Crippen LogP contribution in [-0.2, 0) is 6.54 Å². The third-order valence-corrected chi connectivity index (χ3v) is 3.26. The van der Waals surface area contributed by atoms with E-state index in [1.165, 1.54) is 5.56 Å². The third-order valence-electron chi connectivity index (χ3n) is 3.26. The molecule has 0 aliphatic rings. The van der Waals surface area contributed by atoms with Gasteiger partial charge in [-0.3, -0.25) is 0 Å². The average Bonchev–Trinajstić information content (AvgIpc) is 2.99. The van der Waals surface area contributed by atoms with Crippen molar-refractivity contribution in [3.8, 4) is 5.75 Å². The normalized spacial score (nSPS) is 12.1. The lowest BCUT2D eigenvalue weighted by molar-refractivity contribution is 0.317. The molecular formula is C16H24N4O2. The third kappa shape index (κ3) is 4.46. The zero-order valence-electron chi connectivity index (χ0n) is 13.4. The number of nitrogens with zero attached hydrogens (tertiary/aromatic N) is 2. The van der Waals surface area contributed by atoms with Crippen LogP contribution in [0.3, 0.4) is 0 Å². The highest BCUT2D eigenvalue weighted by Gasteiger charge is 2.13. The van der Waals surface area contributed by atoms with E-state index in [1.807, 2.05) is 19.2 Å². The summed E-state index contributed by atoms with van der Waals surface area (Å²) in [6, 6.07) is 8.70. The molecule has 1 unspecified atom stereocenters. The molecule has 0 amide bonds.